The summed E-state index contributed by atoms with van der Waals surface area (Å²) in [6.45, 7) is 0.951. The zero-order valence-corrected chi connectivity index (χ0v) is 21.6. The maximum Gasteiger partial charge on any atom is 0.416 e. The van der Waals surface area contributed by atoms with Crippen LogP contribution in [0.15, 0.2) is 48.9 Å². The van der Waals surface area contributed by atoms with E-state index in [4.69, 9.17) is 10.8 Å². The van der Waals surface area contributed by atoms with E-state index in [1.54, 1.807) is 21.7 Å². The Morgan fingerprint density at radius 3 is 2.56 bits per heavy atom. The average molecular weight is 567 g/mol. The van der Waals surface area contributed by atoms with E-state index < -0.39 is 23.2 Å². The molecule has 0 radical (unpaired) electrons. The Balaban J connectivity index is 1.27. The number of hydrogen-bond donors (Lipinski definition) is 3. The van der Waals surface area contributed by atoms with E-state index in [0.29, 0.717) is 48.3 Å². The summed E-state index contributed by atoms with van der Waals surface area (Å²) >= 11 is 0. The number of rotatable bonds is 5. The van der Waals surface area contributed by atoms with E-state index in [0.717, 1.165) is 31.2 Å². The van der Waals surface area contributed by atoms with Crippen molar-refractivity contribution < 1.29 is 27.9 Å². The van der Waals surface area contributed by atoms with E-state index in [2.05, 4.69) is 20.3 Å². The van der Waals surface area contributed by atoms with Gasteiger partial charge in [-0.3, -0.25) is 9.59 Å². The van der Waals surface area contributed by atoms with Crippen LogP contribution in [0.3, 0.4) is 0 Å². The number of nitrogens with one attached hydrogen (secondary N) is 1. The molecule has 6 rings (SSSR count). The molecule has 1 unspecified atom stereocenters. The number of carbonyl (C=O) groups excluding carboxylic acids is 2. The number of pyridine rings is 1. The Kier molecular flexibility index (Phi) is 6.36. The van der Waals surface area contributed by atoms with E-state index in [1.807, 2.05) is 0 Å². The van der Waals surface area contributed by atoms with Gasteiger partial charge in [0.1, 0.15) is 28.8 Å². The van der Waals surface area contributed by atoms with Crippen molar-refractivity contribution in [3.63, 3.8) is 0 Å². The van der Waals surface area contributed by atoms with Gasteiger partial charge in [0, 0.05) is 30.8 Å². The maximum absolute atomic E-state index is 13.0. The van der Waals surface area contributed by atoms with Crippen LogP contribution in [0.2, 0.25) is 0 Å². The van der Waals surface area contributed by atoms with Crippen molar-refractivity contribution in [3.8, 4) is 5.69 Å². The third kappa shape index (κ3) is 5.06. The molecule has 212 valence electrons. The molecule has 1 saturated carbocycles. The molecule has 4 N–H and O–H groups in total. The average Bonchev–Trinajstić information content (AvgIpc) is 3.59. The highest BCUT2D eigenvalue weighted by Gasteiger charge is 2.50. The predicted molar refractivity (Wildman–Crippen MR) is 141 cm³/mol. The van der Waals surface area contributed by atoms with E-state index in [-0.39, 0.29) is 29.0 Å². The number of hydrogen-bond acceptors (Lipinski definition) is 8. The Morgan fingerprint density at radius 2 is 1.85 bits per heavy atom. The number of piperidine rings is 1. The summed E-state index contributed by atoms with van der Waals surface area (Å²) in [5.41, 5.74) is 6.45. The molecule has 41 heavy (non-hydrogen) atoms. The number of fused-ring (bicyclic) bond motifs is 1. The van der Waals surface area contributed by atoms with Crippen LogP contribution in [0.5, 0.6) is 0 Å². The third-order valence-electron chi connectivity index (χ3n) is 7.43. The Morgan fingerprint density at radius 1 is 1.10 bits per heavy atom. The number of nitrogens with two attached hydrogens (primary N) is 1. The predicted octanol–water partition coefficient (Wildman–Crippen LogP) is 3.29. The van der Waals surface area contributed by atoms with Crippen molar-refractivity contribution in [2.75, 3.05) is 24.1 Å². The number of carbonyl (C=O) groups is 2. The summed E-state index contributed by atoms with van der Waals surface area (Å²) in [6.07, 6.45) is 0.208. The smallest absolute Gasteiger partial charge is 0.382 e. The number of aliphatic hydroxyl groups is 1. The maximum atomic E-state index is 13.0. The summed E-state index contributed by atoms with van der Waals surface area (Å²) in [7, 11) is 0. The van der Waals surface area contributed by atoms with Crippen LogP contribution in [-0.4, -0.2) is 65.2 Å². The molecule has 2 aliphatic rings. The molecular weight excluding hydrogens is 541 g/mol. The van der Waals surface area contributed by atoms with E-state index >= 15 is 0 Å². The molecule has 2 amide bonds. The van der Waals surface area contributed by atoms with Crippen LogP contribution in [0.1, 0.15) is 53.2 Å². The molecule has 2 fully saturated rings. The van der Waals surface area contributed by atoms with Crippen molar-refractivity contribution in [2.24, 2.45) is 0 Å². The van der Waals surface area contributed by atoms with Crippen LogP contribution >= 0.6 is 0 Å². The van der Waals surface area contributed by atoms with Gasteiger partial charge >= 0.3 is 6.18 Å². The molecule has 1 saturated heterocycles. The van der Waals surface area contributed by atoms with E-state index in [9.17, 15) is 27.9 Å². The van der Waals surface area contributed by atoms with Crippen LogP contribution < -0.4 is 11.1 Å². The molecule has 1 aliphatic carbocycles. The fourth-order valence-electron chi connectivity index (χ4n) is 5.08. The van der Waals surface area contributed by atoms with E-state index in [1.165, 1.54) is 18.5 Å². The molecule has 11 nitrogen and oxygen atoms in total. The van der Waals surface area contributed by atoms with Gasteiger partial charge in [0.05, 0.1) is 16.9 Å². The largest absolute Gasteiger partial charge is 0.416 e. The number of amides is 2. The van der Waals surface area contributed by atoms with Crippen molar-refractivity contribution in [3.05, 3.63) is 65.7 Å². The van der Waals surface area contributed by atoms with Crippen LogP contribution in [-0.2, 0) is 11.0 Å². The summed E-state index contributed by atoms with van der Waals surface area (Å²) in [5, 5.41) is 17.5. The normalized spacial score (nSPS) is 18.3. The molecule has 4 heterocycles. The highest BCUT2D eigenvalue weighted by molar-refractivity contribution is 6.04. The minimum absolute atomic E-state index is 0.141. The Bertz CT molecular complexity index is 1650. The lowest BCUT2D eigenvalue weighted by atomic mass is 9.93. The molecular formula is C27H25F3N8O3. The molecule has 0 bridgehead atoms. The standard InChI is InChI=1S/C27H25F3N8O3/c28-27(29,30)17-7-10-32-19(12-17)35-24(39)15-3-5-18(6-4-15)38-22-21(33-14-34-23(22)31)20(36-38)16-2-1-11-37(13-16)25(40)26(41)8-9-26/h3-7,10,12,14,16,41H,1-2,8-9,11,13H2,(H2,31,33,34)(H,32,35,39). The van der Waals surface area contributed by atoms with Crippen LogP contribution in [0.25, 0.3) is 16.7 Å². The number of likely N-dealkylation sites (tertiary alicyclic amines) is 1. The van der Waals surface area contributed by atoms with Gasteiger partial charge in [-0.25, -0.2) is 19.6 Å². The minimum Gasteiger partial charge on any atom is -0.382 e. The zero-order chi connectivity index (χ0) is 28.9. The number of alkyl halides is 3. The quantitative estimate of drug-likeness (QED) is 0.333. The number of aromatic nitrogens is 5. The summed E-state index contributed by atoms with van der Waals surface area (Å²) < 4.78 is 40.6. The first kappa shape index (κ1) is 26.6. The van der Waals surface area contributed by atoms with Gasteiger partial charge in [-0.05, 0) is 62.1 Å². The molecule has 1 aliphatic heterocycles. The van der Waals surface area contributed by atoms with Gasteiger partial charge in [0.25, 0.3) is 11.8 Å². The second-order valence-corrected chi connectivity index (χ2v) is 10.3. The SMILES string of the molecule is Nc1ncnc2c(C3CCCN(C(=O)C4(O)CC4)C3)nn(-c3ccc(C(=O)Nc4cc(C(F)(F)F)ccn4)cc3)c12. The van der Waals surface area contributed by atoms with Crippen molar-refractivity contribution in [2.45, 2.75) is 43.4 Å². The van der Waals surface area contributed by atoms with Gasteiger partial charge in [-0.1, -0.05) is 0 Å². The molecule has 14 heteroatoms. The number of benzene rings is 1. The van der Waals surface area contributed by atoms with Crippen molar-refractivity contribution in [1.29, 1.82) is 0 Å². The first-order valence-electron chi connectivity index (χ1n) is 13.0. The van der Waals surface area contributed by atoms with Crippen LogP contribution in [0, 0.1) is 0 Å². The lowest BCUT2D eigenvalue weighted by Gasteiger charge is -2.33. The Labute approximate surface area is 231 Å². The van der Waals surface area contributed by atoms with Gasteiger partial charge in [0.15, 0.2) is 5.82 Å². The number of nitrogen functional groups attached to an aromatic ring is 1. The lowest BCUT2D eigenvalue weighted by Crippen LogP contribution is -2.45. The number of nitrogens with zero attached hydrogens (tertiary/aromatic N) is 6. The van der Waals surface area contributed by atoms with Gasteiger partial charge in [-0.15, -0.1) is 0 Å². The van der Waals surface area contributed by atoms with Gasteiger partial charge in [0.2, 0.25) is 0 Å². The third-order valence-corrected chi connectivity index (χ3v) is 7.43. The minimum atomic E-state index is -4.56. The lowest BCUT2D eigenvalue weighted by molar-refractivity contribution is -0.143. The van der Waals surface area contributed by atoms with Gasteiger partial charge < -0.3 is 21.1 Å². The fourth-order valence-corrected chi connectivity index (χ4v) is 5.08. The van der Waals surface area contributed by atoms with Gasteiger partial charge in [-0.2, -0.15) is 18.3 Å². The van der Waals surface area contributed by atoms with Crippen LogP contribution in [0.4, 0.5) is 24.8 Å². The highest BCUT2D eigenvalue weighted by Crippen LogP contribution is 2.39. The summed E-state index contributed by atoms with van der Waals surface area (Å²) in [6, 6.07) is 7.83. The molecule has 3 aromatic heterocycles. The second-order valence-electron chi connectivity index (χ2n) is 10.3. The highest BCUT2D eigenvalue weighted by atomic mass is 19.4. The number of halogens is 3. The topological polar surface area (TPSA) is 152 Å². The second kappa shape index (κ2) is 9.80. The fraction of sp³-hybridized carbons (Fsp3) is 0.333. The summed E-state index contributed by atoms with van der Waals surface area (Å²) in [4.78, 5) is 39.5. The Hall–Kier alpha value is -4.59. The molecule has 1 aromatic carbocycles. The first-order valence-corrected chi connectivity index (χ1v) is 13.0. The van der Waals surface area contributed by atoms with Crippen molar-refractivity contribution in [1.82, 2.24) is 29.6 Å². The zero-order valence-electron chi connectivity index (χ0n) is 21.6. The monoisotopic (exact) mass is 566 g/mol. The van der Waals surface area contributed by atoms with Crippen molar-refractivity contribution >= 4 is 34.5 Å². The molecule has 4 aromatic rings. The molecule has 0 spiro atoms. The number of anilines is 2. The first-order chi connectivity index (χ1) is 19.5. The molecule has 1 atom stereocenters. The summed E-state index contributed by atoms with van der Waals surface area (Å²) in [5.74, 6) is -1.06.